The van der Waals surface area contributed by atoms with Gasteiger partial charge in [-0.05, 0) is 101 Å². The zero-order chi connectivity index (χ0) is 44.3. The molecule has 10 heteroatoms. The number of rotatable bonds is 16. The van der Waals surface area contributed by atoms with Crippen molar-refractivity contribution in [2.75, 3.05) is 13.7 Å². The van der Waals surface area contributed by atoms with Crippen LogP contribution in [-0.2, 0) is 19.1 Å². The molecule has 0 amide bonds. The molecule has 0 unspecified atom stereocenters. The van der Waals surface area contributed by atoms with Crippen molar-refractivity contribution in [3.8, 4) is 0 Å². The predicted octanol–water partition coefficient (Wildman–Crippen LogP) is 11.0. The lowest BCUT2D eigenvalue weighted by molar-refractivity contribution is -0.143. The van der Waals surface area contributed by atoms with Crippen LogP contribution in [0.2, 0.25) is 0 Å². The van der Waals surface area contributed by atoms with Crippen LogP contribution < -0.4 is 10.4 Å². The van der Waals surface area contributed by atoms with Crippen molar-refractivity contribution in [1.29, 1.82) is 0 Å². The van der Waals surface area contributed by atoms with Gasteiger partial charge in [0.2, 0.25) is 0 Å². The lowest BCUT2D eigenvalue weighted by Gasteiger charge is -2.19. The van der Waals surface area contributed by atoms with Gasteiger partial charge in [-0.15, -0.1) is 0 Å². The highest BCUT2D eigenvalue weighted by atomic mass is 16.5. The van der Waals surface area contributed by atoms with E-state index in [1.54, 1.807) is 6.92 Å². The molecule has 0 saturated carbocycles. The Morgan fingerprint density at radius 3 is 2.18 bits per heavy atom. The number of aromatic nitrogens is 4. The van der Waals surface area contributed by atoms with Crippen molar-refractivity contribution < 1.29 is 29.3 Å². The zero-order valence-corrected chi connectivity index (χ0v) is 38.6. The molecule has 5 heterocycles. The molecule has 2 aliphatic heterocycles. The van der Waals surface area contributed by atoms with E-state index in [2.05, 4.69) is 64.5 Å². The summed E-state index contributed by atoms with van der Waals surface area (Å²) in [5, 5.41) is 24.2. The van der Waals surface area contributed by atoms with Crippen LogP contribution in [0.15, 0.2) is 29.8 Å². The number of H-pyrrole nitrogens is 2. The Morgan fingerprint density at radius 1 is 0.852 bits per heavy atom. The number of nitrogens with zero attached hydrogens (tertiary/aromatic N) is 2. The van der Waals surface area contributed by atoms with E-state index in [-0.39, 0.29) is 54.2 Å². The topological polar surface area (TPSA) is 150 Å². The van der Waals surface area contributed by atoms with E-state index in [4.69, 9.17) is 19.4 Å². The van der Waals surface area contributed by atoms with Crippen LogP contribution in [0.4, 0.5) is 0 Å². The number of aromatic amines is 2. The lowest BCUT2D eigenvalue weighted by Crippen LogP contribution is -2.18. The second kappa shape index (κ2) is 19.5. The maximum atomic E-state index is 13.6. The molecular formula is C51H70N4O6. The number of fused-ring (bicyclic) bond motifs is 8. The van der Waals surface area contributed by atoms with E-state index in [9.17, 15) is 19.8 Å². The molecule has 0 aromatic carbocycles. The number of hydrogen-bond acceptors (Lipinski definition) is 8. The molecule has 0 radical (unpaired) electrons. The number of methoxy groups -OCH3 is 1. The van der Waals surface area contributed by atoms with Gasteiger partial charge >= 0.3 is 11.9 Å². The van der Waals surface area contributed by atoms with Crippen LogP contribution in [0.1, 0.15) is 189 Å². The van der Waals surface area contributed by atoms with E-state index in [1.165, 1.54) is 44.8 Å². The van der Waals surface area contributed by atoms with E-state index in [0.717, 1.165) is 81.1 Å². The number of ether oxygens (including phenoxy) is 2. The standard InChI is InChI=1S/C51H70N4O6/c1-12-27(3)16-14-17-28(4)18-15-19-29(5)22-23-61-43(57)21-20-36-31(7)38-24-39-32(8)44(34(10)56)42(53-39)26-37-30(6)35(13-2)41(52-37)25-40-33(9)45-49(55-40)46(48(36)54-38)47(50(45)58)51(59)60-11/h22,24-28,30-31,35-36,47,53,55-56,58H,12-21,23H2,1-11H3/b29-22+,38-24?,41-25?,42-26?,44-34+/t27-,28-,30-,31+,35-,36+,47-/m1/s1. The van der Waals surface area contributed by atoms with Gasteiger partial charge in [-0.3, -0.25) is 19.6 Å². The van der Waals surface area contributed by atoms with Crippen molar-refractivity contribution in [3.63, 3.8) is 0 Å². The number of aliphatic hydroxyl groups excluding tert-OH is 2. The maximum Gasteiger partial charge on any atom is 0.321 e. The van der Waals surface area contributed by atoms with E-state index < -0.39 is 11.9 Å². The molecule has 7 atom stereocenters. The summed E-state index contributed by atoms with van der Waals surface area (Å²) in [4.78, 5) is 44.6. The average Bonchev–Trinajstić information content (AvgIpc) is 3.97. The van der Waals surface area contributed by atoms with Gasteiger partial charge in [0.05, 0.1) is 29.6 Å². The third kappa shape index (κ3) is 9.48. The van der Waals surface area contributed by atoms with Crippen LogP contribution in [0.3, 0.4) is 0 Å². The van der Waals surface area contributed by atoms with E-state index in [0.29, 0.717) is 28.4 Å². The summed E-state index contributed by atoms with van der Waals surface area (Å²) in [5.41, 5.74) is 9.70. The van der Waals surface area contributed by atoms with Crippen molar-refractivity contribution >= 4 is 45.5 Å². The number of esters is 2. The van der Waals surface area contributed by atoms with Crippen molar-refractivity contribution in [2.45, 2.75) is 163 Å². The number of allylic oxidation sites excluding steroid dienone is 1. The Balaban J connectivity index is 1.35. The zero-order valence-electron chi connectivity index (χ0n) is 38.6. The summed E-state index contributed by atoms with van der Waals surface area (Å²) >= 11 is 0. The Labute approximate surface area is 362 Å². The molecule has 4 N–H and O–H groups in total. The van der Waals surface area contributed by atoms with Gasteiger partial charge in [0.25, 0.3) is 0 Å². The molecule has 3 aromatic heterocycles. The summed E-state index contributed by atoms with van der Waals surface area (Å²) < 4.78 is 11.1. The molecule has 0 fully saturated rings. The number of aryl methyl sites for hydroxylation is 2. The van der Waals surface area contributed by atoms with Gasteiger partial charge in [-0.25, -0.2) is 0 Å². The van der Waals surface area contributed by atoms with Crippen molar-refractivity contribution in [3.05, 3.63) is 79.8 Å². The van der Waals surface area contributed by atoms with E-state index >= 15 is 0 Å². The number of hydrogen-bond donors (Lipinski definition) is 4. The smallest absolute Gasteiger partial charge is 0.321 e. The molecule has 1 aliphatic carbocycles. The summed E-state index contributed by atoms with van der Waals surface area (Å²) in [6.45, 7) is 21.4. The first-order valence-corrected chi connectivity index (χ1v) is 22.9. The Kier molecular flexibility index (Phi) is 14.6. The minimum Gasteiger partial charge on any atom is -0.512 e. The molecule has 330 valence electrons. The number of aliphatic hydroxyl groups is 2. The van der Waals surface area contributed by atoms with Crippen LogP contribution >= 0.6 is 0 Å². The monoisotopic (exact) mass is 835 g/mol. The Hall–Kier alpha value is -4.86. The highest BCUT2D eigenvalue weighted by molar-refractivity contribution is 5.96. The first kappa shape index (κ1) is 45.7. The third-order valence-electron chi connectivity index (χ3n) is 14.2. The Morgan fingerprint density at radius 2 is 1.49 bits per heavy atom. The first-order valence-electron chi connectivity index (χ1n) is 22.9. The minimum atomic E-state index is -1.09. The largest absolute Gasteiger partial charge is 0.512 e. The molecule has 61 heavy (non-hydrogen) atoms. The molecule has 6 rings (SSSR count). The van der Waals surface area contributed by atoms with Gasteiger partial charge < -0.3 is 29.7 Å². The molecular weight excluding hydrogens is 765 g/mol. The lowest BCUT2D eigenvalue weighted by atomic mass is 9.84. The second-order valence-electron chi connectivity index (χ2n) is 18.4. The third-order valence-corrected chi connectivity index (χ3v) is 14.2. The Bertz CT molecular complexity index is 2450. The van der Waals surface area contributed by atoms with Gasteiger partial charge in [-0.2, -0.15) is 0 Å². The molecule has 8 bridgehead atoms. The molecule has 0 saturated heterocycles. The summed E-state index contributed by atoms with van der Waals surface area (Å²) in [7, 11) is 1.33. The minimum absolute atomic E-state index is 0.0756. The number of nitrogens with one attached hydrogen (secondary N) is 2. The normalized spacial score (nSPS) is 21.4. The molecule has 3 aromatic rings. The van der Waals surface area contributed by atoms with Crippen LogP contribution in [0.25, 0.3) is 33.6 Å². The maximum absolute atomic E-state index is 13.6. The van der Waals surface area contributed by atoms with Crippen LogP contribution in [-0.4, -0.2) is 55.8 Å². The second-order valence-corrected chi connectivity index (χ2v) is 18.4. The molecule has 3 aliphatic rings. The first-order chi connectivity index (χ1) is 29.1. The van der Waals surface area contributed by atoms with Gasteiger partial charge in [0.1, 0.15) is 18.3 Å². The van der Waals surface area contributed by atoms with Crippen LogP contribution in [0.5, 0.6) is 0 Å². The van der Waals surface area contributed by atoms with Crippen molar-refractivity contribution in [1.82, 2.24) is 19.9 Å². The predicted molar refractivity (Wildman–Crippen MR) is 245 cm³/mol. The summed E-state index contributed by atoms with van der Waals surface area (Å²) in [6, 6.07) is 6.12. The average molecular weight is 835 g/mol. The fourth-order valence-corrected chi connectivity index (χ4v) is 9.98. The van der Waals surface area contributed by atoms with Crippen molar-refractivity contribution in [2.24, 2.45) is 11.8 Å². The molecule has 0 spiro atoms. The summed E-state index contributed by atoms with van der Waals surface area (Å²) in [6.07, 6.45) is 11.9. The van der Waals surface area contributed by atoms with Gasteiger partial charge in [0.15, 0.2) is 0 Å². The fourth-order valence-electron chi connectivity index (χ4n) is 9.98. The highest BCUT2D eigenvalue weighted by Gasteiger charge is 2.41. The summed E-state index contributed by atoms with van der Waals surface area (Å²) in [5.74, 6) is -0.494. The molecule has 10 nitrogen and oxygen atoms in total. The number of carbonyl (C=O) groups is 2. The fraction of sp³-hybridized carbons (Fsp3) is 0.569. The SMILES string of the molecule is CC[C@@H](C)CCC[C@@H](C)CCC/C(C)=C/COC(=O)CC[C@@H]1c2nc(cc3[nH]c(cc4nc(cc5[nH]c6c2[C@@H](C(=O)OC)C(O)=c6c5C)[C@H](CC)[C@H]4C)/c(=C(\C)O)c3C)[C@H]1C. The van der Waals surface area contributed by atoms with Gasteiger partial charge in [0, 0.05) is 74.2 Å². The van der Waals surface area contributed by atoms with E-state index in [1.807, 2.05) is 32.1 Å². The van der Waals surface area contributed by atoms with Crippen LogP contribution in [0, 0.1) is 25.7 Å². The number of carbonyl (C=O) groups excluding carboxylic acids is 2. The quantitative estimate of drug-likeness (QED) is 0.0823. The van der Waals surface area contributed by atoms with Gasteiger partial charge in [-0.1, -0.05) is 79.2 Å². The highest BCUT2D eigenvalue weighted by Crippen LogP contribution is 2.46.